The van der Waals surface area contributed by atoms with Crippen LogP contribution < -0.4 is 16.0 Å². The molecule has 5 atom stereocenters. The smallest absolute Gasteiger partial charge is 0.224 e. The zero-order valence-corrected chi connectivity index (χ0v) is 33.6. The number of hydrogen-bond donors (Lipinski definition) is 3. The number of carbonyl (C=O) groups is 6. The van der Waals surface area contributed by atoms with E-state index in [-0.39, 0.29) is 65.7 Å². The number of rotatable bonds is 30. The lowest BCUT2D eigenvalue weighted by Gasteiger charge is -2.28. The van der Waals surface area contributed by atoms with Gasteiger partial charge in [-0.15, -0.1) is 0 Å². The average molecular weight is 706 g/mol. The zero-order valence-electron chi connectivity index (χ0n) is 33.6. The van der Waals surface area contributed by atoms with Crippen LogP contribution in [0.3, 0.4) is 0 Å². The summed E-state index contributed by atoms with van der Waals surface area (Å²) in [6, 6.07) is -2.15. The molecule has 0 aromatic heterocycles. The van der Waals surface area contributed by atoms with Gasteiger partial charge in [0.25, 0.3) is 0 Å². The standard InChI is InChI=1S/C41H75N3O6/c1-11-13-14-15-16-17-18-19-20-21-22-23-24-25-37(48)43-38(29(5)6)36(47)27-33(28(3)4)41(50)44-39(30(7)8)35(46)26-31(9)40(49)42-32(10)34(45)12-2/h28-33,38-39H,11-27H2,1-10H3,(H,42,49)(H,43,48)(H,44,50)/t31-,32+,33+,38+,39+/m1/s1. The topological polar surface area (TPSA) is 139 Å². The van der Waals surface area contributed by atoms with Gasteiger partial charge in [-0.2, -0.15) is 0 Å². The van der Waals surface area contributed by atoms with Gasteiger partial charge in [-0.25, -0.2) is 0 Å². The van der Waals surface area contributed by atoms with Gasteiger partial charge in [0.05, 0.1) is 18.1 Å². The molecule has 0 aliphatic rings. The van der Waals surface area contributed by atoms with Crippen molar-refractivity contribution in [1.82, 2.24) is 16.0 Å². The van der Waals surface area contributed by atoms with E-state index in [4.69, 9.17) is 0 Å². The van der Waals surface area contributed by atoms with E-state index in [1.165, 1.54) is 64.2 Å². The molecule has 0 radical (unpaired) electrons. The number of nitrogens with one attached hydrogen (secondary N) is 3. The number of amides is 3. The summed E-state index contributed by atoms with van der Waals surface area (Å²) in [7, 11) is 0. The predicted molar refractivity (Wildman–Crippen MR) is 203 cm³/mol. The van der Waals surface area contributed by atoms with E-state index in [1.807, 2.05) is 41.5 Å². The van der Waals surface area contributed by atoms with Crippen LogP contribution in [-0.2, 0) is 28.8 Å². The predicted octanol–water partition coefficient (Wildman–Crippen LogP) is 8.06. The maximum absolute atomic E-state index is 13.6. The van der Waals surface area contributed by atoms with Crippen LogP contribution in [0.5, 0.6) is 0 Å². The summed E-state index contributed by atoms with van der Waals surface area (Å²) in [6.45, 7) is 18.4. The molecule has 3 amide bonds. The SMILES string of the molecule is CCCCCCCCCCCCCCCC(=O)N[C@H](C(=O)C[C@H](C(=O)N[C@H](C(=O)C[C@@H](C)C(=O)N[C@@H](C)C(=O)CC)C(C)C)C(C)C)C(C)C. The molecule has 0 unspecified atom stereocenters. The normalized spacial score (nSPS) is 14.6. The average Bonchev–Trinajstić information content (AvgIpc) is 3.05. The van der Waals surface area contributed by atoms with Crippen molar-refractivity contribution in [2.75, 3.05) is 0 Å². The Balaban J connectivity index is 4.95. The Morgan fingerprint density at radius 1 is 0.460 bits per heavy atom. The first-order chi connectivity index (χ1) is 23.6. The molecule has 3 N–H and O–H groups in total. The van der Waals surface area contributed by atoms with E-state index in [0.29, 0.717) is 12.8 Å². The van der Waals surface area contributed by atoms with Crippen LogP contribution >= 0.6 is 0 Å². The molecule has 0 saturated carbocycles. The molecule has 0 spiro atoms. The fraction of sp³-hybridized carbons (Fsp3) is 0.854. The van der Waals surface area contributed by atoms with E-state index in [9.17, 15) is 28.8 Å². The Bertz CT molecular complexity index is 1020. The fourth-order valence-electron chi connectivity index (χ4n) is 6.29. The number of unbranched alkanes of at least 4 members (excludes halogenated alkanes) is 12. The zero-order chi connectivity index (χ0) is 38.2. The monoisotopic (exact) mass is 706 g/mol. The molecular weight excluding hydrogens is 630 g/mol. The minimum absolute atomic E-state index is 0.0491. The van der Waals surface area contributed by atoms with Crippen molar-refractivity contribution >= 4 is 35.1 Å². The molecule has 0 fully saturated rings. The summed E-state index contributed by atoms with van der Waals surface area (Å²) in [5.41, 5.74) is 0. The van der Waals surface area contributed by atoms with E-state index in [1.54, 1.807) is 20.8 Å². The molecule has 0 aromatic rings. The van der Waals surface area contributed by atoms with Crippen molar-refractivity contribution in [2.24, 2.45) is 29.6 Å². The maximum Gasteiger partial charge on any atom is 0.224 e. The van der Waals surface area contributed by atoms with Gasteiger partial charge < -0.3 is 16.0 Å². The van der Waals surface area contributed by atoms with Crippen molar-refractivity contribution < 1.29 is 28.8 Å². The lowest BCUT2D eigenvalue weighted by atomic mass is 9.85. The van der Waals surface area contributed by atoms with Crippen LogP contribution in [0.1, 0.15) is 178 Å². The Hall–Kier alpha value is -2.58. The molecular formula is C41H75N3O6. The van der Waals surface area contributed by atoms with E-state index < -0.39 is 30.0 Å². The van der Waals surface area contributed by atoms with E-state index >= 15 is 0 Å². The van der Waals surface area contributed by atoms with Crippen LogP contribution in [0, 0.1) is 29.6 Å². The Labute approximate surface area is 305 Å². The first-order valence-electron chi connectivity index (χ1n) is 20.0. The van der Waals surface area contributed by atoms with Crippen LogP contribution in [0.4, 0.5) is 0 Å². The third kappa shape index (κ3) is 20.3. The van der Waals surface area contributed by atoms with Gasteiger partial charge in [0.15, 0.2) is 17.3 Å². The van der Waals surface area contributed by atoms with Crippen molar-refractivity contribution in [3.8, 4) is 0 Å². The molecule has 290 valence electrons. The molecule has 9 heteroatoms. The molecule has 0 bridgehead atoms. The van der Waals surface area contributed by atoms with Gasteiger partial charge >= 0.3 is 0 Å². The van der Waals surface area contributed by atoms with E-state index in [0.717, 1.165) is 19.3 Å². The first-order valence-corrected chi connectivity index (χ1v) is 20.0. The first kappa shape index (κ1) is 47.4. The summed E-state index contributed by atoms with van der Waals surface area (Å²) >= 11 is 0. The Kier molecular flexibility index (Phi) is 25.7. The summed E-state index contributed by atoms with van der Waals surface area (Å²) in [4.78, 5) is 77.8. The Morgan fingerprint density at radius 3 is 1.34 bits per heavy atom. The summed E-state index contributed by atoms with van der Waals surface area (Å²) in [5, 5.41) is 8.49. The molecule has 0 aliphatic carbocycles. The molecule has 0 aromatic carbocycles. The summed E-state index contributed by atoms with van der Waals surface area (Å²) in [5.74, 6) is -3.39. The van der Waals surface area contributed by atoms with Crippen LogP contribution in [0.2, 0.25) is 0 Å². The van der Waals surface area contributed by atoms with Gasteiger partial charge in [-0.1, -0.05) is 139 Å². The highest BCUT2D eigenvalue weighted by molar-refractivity contribution is 5.96. The summed E-state index contributed by atoms with van der Waals surface area (Å²) < 4.78 is 0. The number of hydrogen-bond acceptors (Lipinski definition) is 6. The minimum Gasteiger partial charge on any atom is -0.346 e. The van der Waals surface area contributed by atoms with E-state index in [2.05, 4.69) is 22.9 Å². The highest BCUT2D eigenvalue weighted by Gasteiger charge is 2.34. The van der Waals surface area contributed by atoms with Gasteiger partial charge in [0.2, 0.25) is 17.7 Å². The van der Waals surface area contributed by atoms with Crippen LogP contribution in [-0.4, -0.2) is 53.2 Å². The molecule has 0 heterocycles. The fourth-order valence-corrected chi connectivity index (χ4v) is 6.29. The lowest BCUT2D eigenvalue weighted by molar-refractivity contribution is -0.136. The van der Waals surface area contributed by atoms with Gasteiger partial charge in [0, 0.05) is 37.5 Å². The highest BCUT2D eigenvalue weighted by Crippen LogP contribution is 2.21. The quantitative estimate of drug-likeness (QED) is 0.0647. The van der Waals surface area contributed by atoms with Gasteiger partial charge in [0.1, 0.15) is 0 Å². The third-order valence-corrected chi connectivity index (χ3v) is 9.86. The minimum atomic E-state index is -0.829. The van der Waals surface area contributed by atoms with Crippen molar-refractivity contribution in [1.29, 1.82) is 0 Å². The maximum atomic E-state index is 13.6. The Morgan fingerprint density at radius 2 is 0.900 bits per heavy atom. The largest absolute Gasteiger partial charge is 0.346 e. The molecule has 9 nitrogen and oxygen atoms in total. The highest BCUT2D eigenvalue weighted by atomic mass is 16.2. The van der Waals surface area contributed by atoms with Crippen molar-refractivity contribution in [3.63, 3.8) is 0 Å². The molecule has 0 saturated heterocycles. The van der Waals surface area contributed by atoms with Gasteiger partial charge in [-0.3, -0.25) is 28.8 Å². The van der Waals surface area contributed by atoms with Crippen LogP contribution in [0.15, 0.2) is 0 Å². The van der Waals surface area contributed by atoms with Crippen molar-refractivity contribution in [3.05, 3.63) is 0 Å². The lowest BCUT2D eigenvalue weighted by Crippen LogP contribution is -2.50. The molecule has 0 aliphatic heterocycles. The number of ketones is 3. The van der Waals surface area contributed by atoms with Gasteiger partial charge in [-0.05, 0) is 31.1 Å². The molecule has 50 heavy (non-hydrogen) atoms. The van der Waals surface area contributed by atoms with Crippen LogP contribution in [0.25, 0.3) is 0 Å². The second kappa shape index (κ2) is 27.1. The summed E-state index contributed by atoms with van der Waals surface area (Å²) in [6.07, 6.45) is 16.6. The number of Topliss-reactive ketones (excluding diaryl/α,β-unsaturated/α-hetero) is 3. The number of carbonyl (C=O) groups excluding carboxylic acids is 6. The third-order valence-electron chi connectivity index (χ3n) is 9.86. The van der Waals surface area contributed by atoms with Crippen molar-refractivity contribution in [2.45, 2.75) is 197 Å². The second-order valence-corrected chi connectivity index (χ2v) is 15.7. The second-order valence-electron chi connectivity index (χ2n) is 15.7. The molecule has 0 rings (SSSR count).